The molecule has 4 aromatic carbocycles. The molecule has 0 spiro atoms. The Balaban J connectivity index is 1.21. The van der Waals surface area contributed by atoms with E-state index >= 15 is 0 Å². The Morgan fingerprint density at radius 1 is 0.795 bits per heavy atom. The van der Waals surface area contributed by atoms with Crippen molar-refractivity contribution in [1.82, 2.24) is 20.1 Å². The van der Waals surface area contributed by atoms with E-state index in [9.17, 15) is 5.11 Å². The molecule has 6 nitrogen and oxygen atoms in total. The maximum Gasteiger partial charge on any atom is 0.336 e. The van der Waals surface area contributed by atoms with E-state index in [1.54, 1.807) is 12.1 Å². The molecule has 0 unspecified atom stereocenters. The van der Waals surface area contributed by atoms with Crippen molar-refractivity contribution in [2.75, 3.05) is 7.05 Å². The van der Waals surface area contributed by atoms with Crippen LogP contribution in [-0.4, -0.2) is 32.2 Å². The molecule has 0 bridgehead atoms. The molecule has 1 aromatic heterocycles. The van der Waals surface area contributed by atoms with Crippen LogP contribution in [0, 0.1) is 0 Å². The molecule has 0 saturated heterocycles. The number of aromatic hydroxyl groups is 1. The minimum Gasteiger partial charge on any atom is -0.505 e. The van der Waals surface area contributed by atoms with Crippen molar-refractivity contribution in [3.63, 3.8) is 0 Å². The van der Waals surface area contributed by atoms with Crippen LogP contribution in [0.2, 0.25) is 10.0 Å². The lowest BCUT2D eigenvalue weighted by molar-refractivity contribution is 0.269. The predicted octanol–water partition coefficient (Wildman–Crippen LogP) is 7.35. The molecule has 0 aliphatic heterocycles. The molecule has 5 rings (SSSR count). The van der Waals surface area contributed by atoms with E-state index in [0.29, 0.717) is 17.9 Å². The molecule has 0 saturated carbocycles. The molecule has 39 heavy (non-hydrogen) atoms. The Morgan fingerprint density at radius 3 is 1.90 bits per heavy atom. The third-order valence-corrected chi connectivity index (χ3v) is 6.92. The van der Waals surface area contributed by atoms with Crippen LogP contribution in [0.1, 0.15) is 28.3 Å². The Bertz CT molecular complexity index is 1450. The first kappa shape index (κ1) is 26.6. The summed E-state index contributed by atoms with van der Waals surface area (Å²) in [7, 11) is 2.15. The van der Waals surface area contributed by atoms with E-state index in [1.165, 1.54) is 22.9 Å². The van der Waals surface area contributed by atoms with Crippen LogP contribution in [-0.2, 0) is 13.2 Å². The quantitative estimate of drug-likeness (QED) is 0.204. The van der Waals surface area contributed by atoms with Crippen LogP contribution in [0.3, 0.4) is 0 Å². The van der Waals surface area contributed by atoms with Gasteiger partial charge in [-0.25, -0.2) is 4.98 Å². The lowest BCUT2D eigenvalue weighted by Crippen LogP contribution is -2.25. The van der Waals surface area contributed by atoms with Crippen LogP contribution >= 0.6 is 23.2 Å². The summed E-state index contributed by atoms with van der Waals surface area (Å²) in [5.74, 6) is -0.173. The first-order chi connectivity index (χ1) is 19.0. The highest BCUT2D eigenvalue weighted by atomic mass is 35.5. The summed E-state index contributed by atoms with van der Waals surface area (Å²) in [6.07, 6.45) is 1.52. The minimum atomic E-state index is -0.173. The standard InChI is InChI=1S/C31H26Cl2N4O2/c1-37(29(23-8-4-2-5-9-23)24-10-6-3-7-11-24)19-21-12-14-22(15-13-21)20-39-31-34-18-28(35-36-31)25-16-26(32)30(38)27(33)17-25/h2-18,29,38H,19-20H2,1H3. The Hall–Kier alpha value is -3.97. The highest BCUT2D eigenvalue weighted by molar-refractivity contribution is 6.37. The number of phenolic OH excluding ortho intramolecular Hbond substituents is 1. The van der Waals surface area contributed by atoms with Gasteiger partial charge in [-0.2, -0.15) is 0 Å². The maximum atomic E-state index is 9.74. The van der Waals surface area contributed by atoms with Gasteiger partial charge in [0.2, 0.25) is 0 Å². The molecular formula is C31H26Cl2N4O2. The van der Waals surface area contributed by atoms with Crippen molar-refractivity contribution >= 4 is 23.2 Å². The number of aromatic nitrogens is 3. The number of rotatable bonds is 9. The molecule has 0 fully saturated rings. The number of ether oxygens (including phenoxy) is 1. The zero-order valence-electron chi connectivity index (χ0n) is 21.2. The van der Waals surface area contributed by atoms with Crippen LogP contribution in [0.25, 0.3) is 11.3 Å². The summed E-state index contributed by atoms with van der Waals surface area (Å²) in [6.45, 7) is 1.10. The van der Waals surface area contributed by atoms with E-state index in [1.807, 2.05) is 24.3 Å². The first-order valence-electron chi connectivity index (χ1n) is 12.4. The zero-order chi connectivity index (χ0) is 27.2. The van der Waals surface area contributed by atoms with Gasteiger partial charge in [0.05, 0.1) is 22.3 Å². The molecule has 0 aliphatic rings. The van der Waals surface area contributed by atoms with Crippen LogP contribution in [0.5, 0.6) is 11.8 Å². The van der Waals surface area contributed by atoms with Gasteiger partial charge >= 0.3 is 6.01 Å². The summed E-state index contributed by atoms with van der Waals surface area (Å²) in [5.41, 5.74) is 5.76. The van der Waals surface area contributed by atoms with Gasteiger partial charge in [0.25, 0.3) is 0 Å². The second-order valence-corrected chi connectivity index (χ2v) is 9.97. The number of hydrogen-bond donors (Lipinski definition) is 1. The van der Waals surface area contributed by atoms with E-state index in [2.05, 4.69) is 87.8 Å². The molecule has 0 atom stereocenters. The van der Waals surface area contributed by atoms with Crippen molar-refractivity contribution in [3.8, 4) is 23.0 Å². The number of nitrogens with zero attached hydrogens (tertiary/aromatic N) is 4. The maximum absolute atomic E-state index is 9.74. The van der Waals surface area contributed by atoms with Gasteiger partial charge in [-0.1, -0.05) is 113 Å². The highest BCUT2D eigenvalue weighted by Crippen LogP contribution is 2.35. The van der Waals surface area contributed by atoms with Crippen LogP contribution in [0.15, 0.2) is 103 Å². The number of benzene rings is 4. The van der Waals surface area contributed by atoms with Gasteiger partial charge in [-0.15, -0.1) is 5.10 Å². The largest absolute Gasteiger partial charge is 0.505 e. The van der Waals surface area contributed by atoms with Gasteiger partial charge in [0.15, 0.2) is 5.75 Å². The minimum absolute atomic E-state index is 0.130. The van der Waals surface area contributed by atoms with Gasteiger partial charge in [0.1, 0.15) is 12.3 Å². The van der Waals surface area contributed by atoms with Gasteiger partial charge in [0, 0.05) is 12.1 Å². The molecule has 1 N–H and O–H groups in total. The fraction of sp³-hybridized carbons (Fsp3) is 0.129. The van der Waals surface area contributed by atoms with Crippen LogP contribution < -0.4 is 4.74 Å². The summed E-state index contributed by atoms with van der Waals surface area (Å²) in [6, 6.07) is 32.8. The number of hydrogen-bond acceptors (Lipinski definition) is 6. The monoisotopic (exact) mass is 556 g/mol. The molecular weight excluding hydrogens is 531 g/mol. The lowest BCUT2D eigenvalue weighted by atomic mass is 9.97. The fourth-order valence-electron chi connectivity index (χ4n) is 4.42. The van der Waals surface area contributed by atoms with Crippen molar-refractivity contribution < 1.29 is 9.84 Å². The Kier molecular flexibility index (Phi) is 8.37. The number of phenols is 1. The van der Waals surface area contributed by atoms with E-state index in [4.69, 9.17) is 27.9 Å². The molecule has 196 valence electrons. The Morgan fingerprint density at radius 2 is 1.36 bits per heavy atom. The third-order valence-electron chi connectivity index (χ3n) is 6.35. The van der Waals surface area contributed by atoms with Crippen molar-refractivity contribution in [1.29, 1.82) is 0 Å². The average molecular weight is 557 g/mol. The van der Waals surface area contributed by atoms with Crippen molar-refractivity contribution in [3.05, 3.63) is 136 Å². The summed E-state index contributed by atoms with van der Waals surface area (Å²) in [4.78, 5) is 6.59. The van der Waals surface area contributed by atoms with E-state index < -0.39 is 0 Å². The van der Waals surface area contributed by atoms with Gasteiger partial charge < -0.3 is 9.84 Å². The third kappa shape index (κ3) is 6.55. The second-order valence-electron chi connectivity index (χ2n) is 9.16. The normalized spacial score (nSPS) is 11.2. The molecule has 8 heteroatoms. The first-order valence-corrected chi connectivity index (χ1v) is 13.1. The lowest BCUT2D eigenvalue weighted by Gasteiger charge is -2.29. The fourth-order valence-corrected chi connectivity index (χ4v) is 4.90. The van der Waals surface area contributed by atoms with E-state index in [-0.39, 0.29) is 27.8 Å². The topological polar surface area (TPSA) is 71.4 Å². The van der Waals surface area contributed by atoms with E-state index in [0.717, 1.165) is 12.1 Å². The van der Waals surface area contributed by atoms with Gasteiger partial charge in [-0.05, 0) is 41.4 Å². The predicted molar refractivity (Wildman–Crippen MR) is 154 cm³/mol. The molecule has 0 amide bonds. The molecule has 5 aromatic rings. The van der Waals surface area contributed by atoms with Crippen molar-refractivity contribution in [2.45, 2.75) is 19.2 Å². The van der Waals surface area contributed by atoms with Crippen LogP contribution in [0.4, 0.5) is 0 Å². The second kappa shape index (κ2) is 12.3. The average Bonchev–Trinajstić information content (AvgIpc) is 2.97. The summed E-state index contributed by atoms with van der Waals surface area (Å²) in [5, 5.41) is 18.2. The zero-order valence-corrected chi connectivity index (χ0v) is 22.7. The number of halogens is 2. The SMILES string of the molecule is CN(Cc1ccc(COc2ncc(-c3cc(Cl)c(O)c(Cl)c3)nn2)cc1)C(c1ccccc1)c1ccccc1. The van der Waals surface area contributed by atoms with Crippen molar-refractivity contribution in [2.24, 2.45) is 0 Å². The van der Waals surface area contributed by atoms with Gasteiger partial charge in [-0.3, -0.25) is 4.90 Å². The molecule has 1 heterocycles. The molecule has 0 radical (unpaired) electrons. The smallest absolute Gasteiger partial charge is 0.336 e. The summed E-state index contributed by atoms with van der Waals surface area (Å²) >= 11 is 12.0. The molecule has 0 aliphatic carbocycles. The Labute approximate surface area is 237 Å². The highest BCUT2D eigenvalue weighted by Gasteiger charge is 2.19. The summed E-state index contributed by atoms with van der Waals surface area (Å²) < 4.78 is 5.74.